The summed E-state index contributed by atoms with van der Waals surface area (Å²) in [6.07, 6.45) is 6.43. The number of nitrogens with two attached hydrogens (primary N) is 2. The van der Waals surface area contributed by atoms with Gasteiger partial charge in [0.1, 0.15) is 23.2 Å². The van der Waals surface area contributed by atoms with Crippen LogP contribution in [0.2, 0.25) is 0 Å². The van der Waals surface area contributed by atoms with Crippen molar-refractivity contribution in [1.29, 1.82) is 0 Å². The third kappa shape index (κ3) is 5.24. The molecule has 0 bridgehead atoms. The van der Waals surface area contributed by atoms with Gasteiger partial charge in [0.15, 0.2) is 11.7 Å². The van der Waals surface area contributed by atoms with E-state index in [0.29, 0.717) is 17.6 Å². The number of hydrogen-bond donors (Lipinski definition) is 7. The van der Waals surface area contributed by atoms with E-state index < -0.39 is 85.9 Å². The number of aliphatic hydroxyl groups is 4. The Balaban J connectivity index is 1.57. The lowest BCUT2D eigenvalue weighted by atomic mass is 9.36. The fourth-order valence-electron chi connectivity index (χ4n) is 11.9. The lowest BCUT2D eigenvalue weighted by Gasteiger charge is -2.68. The van der Waals surface area contributed by atoms with Crippen LogP contribution in [0.15, 0.2) is 76.0 Å². The first-order chi connectivity index (χ1) is 24.5. The number of benzene rings is 1. The number of aliphatic carboxylic acids is 1. The number of Topliss-reactive ketones (excluding diaryl/α,β-unsaturated/α-hetero) is 2. The molecule has 11 atom stereocenters. The van der Waals surface area contributed by atoms with Gasteiger partial charge in [-0.25, -0.2) is 4.79 Å². The molecule has 0 aliphatic heterocycles. The van der Waals surface area contributed by atoms with Gasteiger partial charge < -0.3 is 37.0 Å². The van der Waals surface area contributed by atoms with Gasteiger partial charge in [-0.1, -0.05) is 90.1 Å². The Bertz CT molecular complexity index is 1890. The smallest absolute Gasteiger partial charge is 0.334 e. The molecule has 0 unspecified atom stereocenters. The molecule has 11 nitrogen and oxygen atoms in total. The van der Waals surface area contributed by atoms with Gasteiger partial charge >= 0.3 is 5.97 Å². The zero-order chi connectivity index (χ0) is 39.3. The first-order valence-electron chi connectivity index (χ1n) is 18.6. The lowest BCUT2D eigenvalue weighted by Crippen LogP contribution is -2.69. The first kappa shape index (κ1) is 38.7. The highest BCUT2D eigenvalue weighted by atomic mass is 16.4. The molecule has 0 heterocycles. The van der Waals surface area contributed by atoms with Gasteiger partial charge in [-0.05, 0) is 60.1 Å². The Labute approximate surface area is 311 Å². The summed E-state index contributed by atoms with van der Waals surface area (Å²) in [5.41, 5.74) is 5.67. The van der Waals surface area contributed by atoms with E-state index in [1.54, 1.807) is 12.2 Å². The molecule has 5 aliphatic carbocycles. The molecule has 0 amide bonds. The summed E-state index contributed by atoms with van der Waals surface area (Å²) in [4.78, 5) is 44.7. The van der Waals surface area contributed by atoms with Crippen LogP contribution in [0.5, 0.6) is 0 Å². The zero-order valence-corrected chi connectivity index (χ0v) is 31.8. The molecule has 2 saturated carbocycles. The van der Waals surface area contributed by atoms with Crippen LogP contribution in [-0.2, 0) is 14.4 Å². The Morgan fingerprint density at radius 3 is 2.28 bits per heavy atom. The molecule has 0 aromatic heterocycles. The number of nitrogens with zero attached hydrogens (tertiary/aromatic N) is 1. The van der Waals surface area contributed by atoms with Crippen molar-refractivity contribution in [2.75, 3.05) is 6.54 Å². The molecule has 9 N–H and O–H groups in total. The number of carbonyl (C=O) groups excluding carboxylic acids is 2. The van der Waals surface area contributed by atoms with Gasteiger partial charge in [0.25, 0.3) is 0 Å². The molecule has 53 heavy (non-hydrogen) atoms. The van der Waals surface area contributed by atoms with Gasteiger partial charge in [-0.15, -0.1) is 0 Å². The molecule has 1 aromatic rings. The molecule has 0 saturated heterocycles. The van der Waals surface area contributed by atoms with Crippen LogP contribution in [0.25, 0.3) is 6.08 Å². The predicted molar refractivity (Wildman–Crippen MR) is 201 cm³/mol. The van der Waals surface area contributed by atoms with E-state index in [1.807, 2.05) is 77.1 Å². The van der Waals surface area contributed by atoms with Gasteiger partial charge in [0.2, 0.25) is 0 Å². The Morgan fingerprint density at radius 2 is 1.68 bits per heavy atom. The third-order valence-corrected chi connectivity index (χ3v) is 14.9. The van der Waals surface area contributed by atoms with E-state index in [4.69, 9.17) is 11.5 Å². The molecule has 5 aliphatic rings. The normalized spacial score (nSPS) is 39.2. The first-order valence-corrected chi connectivity index (χ1v) is 18.6. The van der Waals surface area contributed by atoms with Crippen molar-refractivity contribution in [2.45, 2.75) is 91.5 Å². The summed E-state index contributed by atoms with van der Waals surface area (Å²) >= 11 is 0. The minimum atomic E-state index is -1.74. The van der Waals surface area contributed by atoms with E-state index in [1.165, 1.54) is 6.92 Å². The molecule has 1 aromatic carbocycles. The SMILES string of the molecule is C/C(C(=O)O)=C(/O)[C@@H](O)[C@@H](CN=C(N)N)[C@@H](C)[C@H]1C[C@@]2(O)C=C[C@]3(O)C4=C(C(=O)C[C@@]1(C)[C@]42C)[C@@]1(C)CCC(=O)C(C)(C)[C@H]1[C@@H]3/C=C/c1ccccc1. The second-order valence-electron chi connectivity index (χ2n) is 17.7. The highest BCUT2D eigenvalue weighted by Gasteiger charge is 2.78. The van der Waals surface area contributed by atoms with E-state index in [2.05, 4.69) is 11.9 Å². The summed E-state index contributed by atoms with van der Waals surface area (Å²) < 4.78 is 0. The second-order valence-corrected chi connectivity index (χ2v) is 17.7. The molecule has 2 fully saturated rings. The molecular weight excluding hydrogens is 674 g/mol. The van der Waals surface area contributed by atoms with Crippen LogP contribution >= 0.6 is 0 Å². The van der Waals surface area contributed by atoms with Crippen molar-refractivity contribution in [3.8, 4) is 0 Å². The number of allylic oxidation sites excluding steroid dienone is 1. The average molecular weight is 730 g/mol. The fourth-order valence-corrected chi connectivity index (χ4v) is 11.9. The fraction of sp³-hybridized carbons (Fsp3) is 0.571. The number of fused-ring (bicyclic) bond motifs is 2. The van der Waals surface area contributed by atoms with Crippen molar-refractivity contribution >= 4 is 29.6 Å². The van der Waals surface area contributed by atoms with Crippen LogP contribution in [-0.4, -0.2) is 72.9 Å². The minimum Gasteiger partial charge on any atom is -0.509 e. The lowest BCUT2D eigenvalue weighted by molar-refractivity contribution is -0.162. The van der Waals surface area contributed by atoms with Crippen molar-refractivity contribution < 1.29 is 39.9 Å². The number of ketones is 2. The summed E-state index contributed by atoms with van der Waals surface area (Å²) in [7, 11) is 0. The van der Waals surface area contributed by atoms with E-state index in [-0.39, 0.29) is 43.3 Å². The Kier molecular flexibility index (Phi) is 9.11. The third-order valence-electron chi connectivity index (χ3n) is 14.9. The summed E-state index contributed by atoms with van der Waals surface area (Å²) in [5, 5.41) is 58.4. The number of carboxylic acid groups (broad SMARTS) is 1. The van der Waals surface area contributed by atoms with Crippen LogP contribution in [0, 0.1) is 51.2 Å². The van der Waals surface area contributed by atoms with Gasteiger partial charge in [0, 0.05) is 53.0 Å². The number of carboxylic acids is 1. The molecule has 0 spiro atoms. The maximum Gasteiger partial charge on any atom is 0.334 e. The van der Waals surface area contributed by atoms with Crippen LogP contribution in [0.1, 0.15) is 79.7 Å². The predicted octanol–water partition coefficient (Wildman–Crippen LogP) is 4.48. The van der Waals surface area contributed by atoms with Crippen LogP contribution in [0.3, 0.4) is 0 Å². The molecule has 286 valence electrons. The number of guanidine groups is 1. The Hall–Kier alpha value is -4.06. The largest absolute Gasteiger partial charge is 0.509 e. The Morgan fingerprint density at radius 1 is 1.04 bits per heavy atom. The monoisotopic (exact) mass is 729 g/mol. The maximum atomic E-state index is 15.0. The number of carbonyl (C=O) groups is 3. The summed E-state index contributed by atoms with van der Waals surface area (Å²) in [6, 6.07) is 9.70. The summed E-state index contributed by atoms with van der Waals surface area (Å²) in [5.74, 6) is -5.56. The van der Waals surface area contributed by atoms with Crippen LogP contribution in [0.4, 0.5) is 0 Å². The number of hydrogen-bond acceptors (Lipinski definition) is 8. The quantitative estimate of drug-likeness (QED) is 0.0622. The van der Waals surface area contributed by atoms with Gasteiger partial charge in [-0.2, -0.15) is 0 Å². The molecule has 11 heteroatoms. The standard InChI is InChI=1S/C42H55N3O8/c1-22(25(21-45-36(43)44)32(49)31(48)23(2)35(50)51)27-19-41(52)17-18-42(53)26(14-13-24-11-9-8-10-12-24)33-37(3,4)29(47)15-16-38(33,5)30-28(46)20-39(27,6)40(41,7)34(30)42/h8-14,17-18,22,25-27,32-33,48-49,52-53H,15-16,19-21H2,1-7H3,(H,50,51)(H4,43,44,45)/b14-13+,31-23-/t22-,25+,26+,27-,32+,33-,38-,39-,40+,41+,42-/m1/s1. The second kappa shape index (κ2) is 12.5. The highest BCUT2D eigenvalue weighted by Crippen LogP contribution is 2.78. The van der Waals surface area contributed by atoms with E-state index >= 15 is 4.79 Å². The number of aliphatic imine (C=N–C) groups is 1. The average Bonchev–Trinajstić information content (AvgIpc) is 3.27. The summed E-state index contributed by atoms with van der Waals surface area (Å²) in [6.45, 7) is 12.6. The molecule has 6 rings (SSSR count). The van der Waals surface area contributed by atoms with E-state index in [9.17, 15) is 35.1 Å². The molecule has 0 radical (unpaired) electrons. The van der Waals surface area contributed by atoms with Crippen molar-refractivity contribution in [1.82, 2.24) is 0 Å². The van der Waals surface area contributed by atoms with Crippen LogP contribution < -0.4 is 11.5 Å². The topological polar surface area (TPSA) is 217 Å². The van der Waals surface area contributed by atoms with Gasteiger partial charge in [0.05, 0.1) is 11.2 Å². The molecular formula is C42H55N3O8. The maximum absolute atomic E-state index is 15.0. The van der Waals surface area contributed by atoms with Crippen molar-refractivity contribution in [3.05, 3.63) is 76.6 Å². The van der Waals surface area contributed by atoms with Gasteiger partial charge in [-0.3, -0.25) is 14.6 Å². The van der Waals surface area contributed by atoms with Crippen molar-refractivity contribution in [3.63, 3.8) is 0 Å². The van der Waals surface area contributed by atoms with Crippen molar-refractivity contribution in [2.24, 2.45) is 67.7 Å². The number of rotatable bonds is 9. The zero-order valence-electron chi connectivity index (χ0n) is 31.8. The van der Waals surface area contributed by atoms with E-state index in [0.717, 1.165) is 5.56 Å². The number of aliphatic hydroxyl groups excluding tert-OH is 2. The minimum absolute atomic E-state index is 0.0197. The highest BCUT2D eigenvalue weighted by molar-refractivity contribution is 6.02.